The van der Waals surface area contributed by atoms with Crippen LogP contribution in [0.5, 0.6) is 0 Å². The summed E-state index contributed by atoms with van der Waals surface area (Å²) >= 11 is 0. The van der Waals surface area contributed by atoms with E-state index in [1.807, 2.05) is 0 Å². The lowest BCUT2D eigenvalue weighted by atomic mass is 9.75. The third-order valence-corrected chi connectivity index (χ3v) is 2.74. The van der Waals surface area contributed by atoms with Crippen molar-refractivity contribution in [3.63, 3.8) is 0 Å². The van der Waals surface area contributed by atoms with Gasteiger partial charge in [-0.15, -0.1) is 0 Å². The molecular formula is C10H14O3. The smallest absolute Gasteiger partial charge is 0.132 e. The lowest BCUT2D eigenvalue weighted by molar-refractivity contribution is -0.125. The molecule has 1 aliphatic carbocycles. The highest BCUT2D eigenvalue weighted by Gasteiger charge is 2.30. The molecule has 1 rings (SSSR count). The molecule has 72 valence electrons. The summed E-state index contributed by atoms with van der Waals surface area (Å²) in [6.45, 7) is 1.53. The average molecular weight is 182 g/mol. The second-order valence-electron chi connectivity index (χ2n) is 3.81. The summed E-state index contributed by atoms with van der Waals surface area (Å²) in [7, 11) is 0. The fourth-order valence-electron chi connectivity index (χ4n) is 1.96. The molecule has 0 aromatic carbocycles. The predicted molar refractivity (Wildman–Crippen MR) is 47.1 cm³/mol. The molecule has 0 bridgehead atoms. The van der Waals surface area contributed by atoms with Crippen LogP contribution < -0.4 is 0 Å². The minimum absolute atomic E-state index is 0.0841. The summed E-state index contributed by atoms with van der Waals surface area (Å²) in [5.74, 6) is -0.187. The second kappa shape index (κ2) is 4.30. The fourth-order valence-corrected chi connectivity index (χ4v) is 1.96. The number of hydrogen-bond acceptors (Lipinski definition) is 3. The van der Waals surface area contributed by atoms with Crippen LogP contribution in [0.25, 0.3) is 0 Å². The topological polar surface area (TPSA) is 51.2 Å². The first kappa shape index (κ1) is 10.1. The van der Waals surface area contributed by atoms with Crippen molar-refractivity contribution in [1.29, 1.82) is 0 Å². The molecule has 2 atom stereocenters. The van der Waals surface area contributed by atoms with E-state index < -0.39 is 0 Å². The van der Waals surface area contributed by atoms with Gasteiger partial charge in [0.1, 0.15) is 18.4 Å². The van der Waals surface area contributed by atoms with Crippen molar-refractivity contribution in [2.45, 2.75) is 26.2 Å². The maximum atomic E-state index is 11.1. The summed E-state index contributed by atoms with van der Waals surface area (Å²) in [5, 5.41) is 0. The van der Waals surface area contributed by atoms with E-state index in [-0.39, 0.29) is 23.5 Å². The summed E-state index contributed by atoms with van der Waals surface area (Å²) in [4.78, 5) is 32.2. The molecule has 0 aromatic rings. The van der Waals surface area contributed by atoms with Gasteiger partial charge in [0.2, 0.25) is 0 Å². The van der Waals surface area contributed by atoms with Gasteiger partial charge in [0, 0.05) is 17.8 Å². The van der Waals surface area contributed by atoms with E-state index in [9.17, 15) is 14.4 Å². The molecule has 0 N–H and O–H groups in total. The Kier molecular flexibility index (Phi) is 3.34. The van der Waals surface area contributed by atoms with E-state index in [1.54, 1.807) is 0 Å². The number of aldehydes is 2. The lowest BCUT2D eigenvalue weighted by Gasteiger charge is -2.27. The minimum atomic E-state index is -0.0992. The van der Waals surface area contributed by atoms with Gasteiger partial charge in [-0.25, -0.2) is 0 Å². The number of hydrogen-bond donors (Lipinski definition) is 0. The largest absolute Gasteiger partial charge is 0.303 e. The zero-order valence-electron chi connectivity index (χ0n) is 7.73. The Morgan fingerprint density at radius 1 is 1.08 bits per heavy atom. The van der Waals surface area contributed by atoms with Gasteiger partial charge in [0.15, 0.2) is 0 Å². The molecule has 13 heavy (non-hydrogen) atoms. The SMILES string of the molecule is CC(=O)C1CC(C=O)CC(C=O)C1. The normalized spacial score (nSPS) is 33.8. The van der Waals surface area contributed by atoms with Crippen LogP contribution in [0.4, 0.5) is 0 Å². The van der Waals surface area contributed by atoms with Crippen molar-refractivity contribution in [1.82, 2.24) is 0 Å². The second-order valence-corrected chi connectivity index (χ2v) is 3.81. The molecule has 0 amide bonds. The molecule has 3 heteroatoms. The Morgan fingerprint density at radius 2 is 1.54 bits per heavy atom. The number of Topliss-reactive ketones (excluding diaryl/α,β-unsaturated/α-hetero) is 1. The highest BCUT2D eigenvalue weighted by molar-refractivity contribution is 5.79. The summed E-state index contributed by atoms with van der Waals surface area (Å²) in [6, 6.07) is 0. The molecule has 3 nitrogen and oxygen atoms in total. The van der Waals surface area contributed by atoms with Crippen LogP contribution >= 0.6 is 0 Å². The quantitative estimate of drug-likeness (QED) is 0.612. The Morgan fingerprint density at radius 3 is 1.85 bits per heavy atom. The van der Waals surface area contributed by atoms with Gasteiger partial charge in [0.05, 0.1) is 0 Å². The Balaban J connectivity index is 2.63. The van der Waals surface area contributed by atoms with Crippen molar-refractivity contribution in [3.05, 3.63) is 0 Å². The van der Waals surface area contributed by atoms with Crippen molar-refractivity contribution < 1.29 is 14.4 Å². The zero-order valence-corrected chi connectivity index (χ0v) is 7.73. The van der Waals surface area contributed by atoms with Gasteiger partial charge >= 0.3 is 0 Å². The first-order valence-electron chi connectivity index (χ1n) is 4.58. The van der Waals surface area contributed by atoms with E-state index >= 15 is 0 Å². The van der Waals surface area contributed by atoms with Gasteiger partial charge in [-0.1, -0.05) is 0 Å². The van der Waals surface area contributed by atoms with Crippen molar-refractivity contribution in [3.8, 4) is 0 Å². The molecule has 0 heterocycles. The molecular weight excluding hydrogens is 168 g/mol. The molecule has 0 aliphatic heterocycles. The van der Waals surface area contributed by atoms with E-state index in [1.165, 1.54) is 6.92 Å². The number of carbonyl (C=O) groups excluding carboxylic acids is 3. The first-order chi connectivity index (χ1) is 6.17. The van der Waals surface area contributed by atoms with Crippen LogP contribution in [0.15, 0.2) is 0 Å². The van der Waals surface area contributed by atoms with Gasteiger partial charge < -0.3 is 9.59 Å². The van der Waals surface area contributed by atoms with Crippen molar-refractivity contribution in [2.24, 2.45) is 17.8 Å². The molecule has 0 saturated heterocycles. The number of carbonyl (C=O) groups is 3. The third kappa shape index (κ3) is 2.47. The number of rotatable bonds is 3. The van der Waals surface area contributed by atoms with E-state index in [2.05, 4.69) is 0 Å². The van der Waals surface area contributed by atoms with Gasteiger partial charge in [-0.3, -0.25) is 4.79 Å². The average Bonchev–Trinajstić information content (AvgIpc) is 2.16. The highest BCUT2D eigenvalue weighted by Crippen LogP contribution is 2.31. The Bertz CT molecular complexity index is 206. The van der Waals surface area contributed by atoms with Gasteiger partial charge in [0.25, 0.3) is 0 Å². The van der Waals surface area contributed by atoms with Crippen LogP contribution in [0.3, 0.4) is 0 Å². The fraction of sp³-hybridized carbons (Fsp3) is 0.700. The van der Waals surface area contributed by atoms with Crippen LogP contribution in [-0.2, 0) is 14.4 Å². The van der Waals surface area contributed by atoms with Gasteiger partial charge in [-0.2, -0.15) is 0 Å². The molecule has 1 aliphatic rings. The van der Waals surface area contributed by atoms with E-state index in [4.69, 9.17) is 0 Å². The molecule has 0 spiro atoms. The standard InChI is InChI=1S/C10H14O3/c1-7(13)10-3-8(5-11)2-9(4-10)6-12/h5-6,8-10H,2-4H2,1H3. The number of ketones is 1. The highest BCUT2D eigenvalue weighted by atomic mass is 16.1. The maximum absolute atomic E-state index is 11.1. The Hall–Kier alpha value is -0.990. The summed E-state index contributed by atoms with van der Waals surface area (Å²) in [6.07, 6.45) is 3.61. The van der Waals surface area contributed by atoms with Gasteiger partial charge in [-0.05, 0) is 26.2 Å². The van der Waals surface area contributed by atoms with E-state index in [0.717, 1.165) is 12.6 Å². The monoisotopic (exact) mass is 182 g/mol. The zero-order chi connectivity index (χ0) is 9.84. The first-order valence-corrected chi connectivity index (χ1v) is 4.58. The maximum Gasteiger partial charge on any atom is 0.132 e. The van der Waals surface area contributed by atoms with E-state index in [0.29, 0.717) is 19.3 Å². The molecule has 1 fully saturated rings. The molecule has 0 radical (unpaired) electrons. The van der Waals surface area contributed by atoms with Crippen molar-refractivity contribution in [2.75, 3.05) is 0 Å². The molecule has 0 aromatic heterocycles. The minimum Gasteiger partial charge on any atom is -0.303 e. The van der Waals surface area contributed by atoms with Crippen LogP contribution in [0, 0.1) is 17.8 Å². The molecule has 1 saturated carbocycles. The summed E-state index contributed by atoms with van der Waals surface area (Å²) in [5.41, 5.74) is 0. The third-order valence-electron chi connectivity index (χ3n) is 2.74. The van der Waals surface area contributed by atoms with Crippen LogP contribution in [-0.4, -0.2) is 18.4 Å². The summed E-state index contributed by atoms with van der Waals surface area (Å²) < 4.78 is 0. The molecule has 2 unspecified atom stereocenters. The van der Waals surface area contributed by atoms with Crippen molar-refractivity contribution >= 4 is 18.4 Å². The predicted octanol–water partition coefficient (Wildman–Crippen LogP) is 1.01. The lowest BCUT2D eigenvalue weighted by Crippen LogP contribution is -2.28. The van der Waals surface area contributed by atoms with Crippen LogP contribution in [0.2, 0.25) is 0 Å². The Labute approximate surface area is 77.5 Å². The van der Waals surface area contributed by atoms with Crippen LogP contribution in [0.1, 0.15) is 26.2 Å².